The molecular weight excluding hydrogens is 1090 g/mol. The highest BCUT2D eigenvalue weighted by molar-refractivity contribution is 7.10. The monoisotopic (exact) mass is 1170 g/mol. The van der Waals surface area contributed by atoms with Gasteiger partial charge in [-0.1, -0.05) is 123 Å². The van der Waals surface area contributed by atoms with Crippen molar-refractivity contribution in [3.8, 4) is 22.5 Å². The van der Waals surface area contributed by atoms with E-state index in [1.165, 1.54) is 22.7 Å². The van der Waals surface area contributed by atoms with Crippen molar-refractivity contribution in [3.63, 3.8) is 0 Å². The highest BCUT2D eigenvalue weighted by Gasteiger charge is 2.46. The molecule has 7 aromatic rings. The summed E-state index contributed by atoms with van der Waals surface area (Å²) in [5.41, 5.74) is 4.30. The van der Waals surface area contributed by atoms with E-state index in [-0.39, 0.29) is 60.4 Å². The number of carbonyl (C=O) groups excluding carboxylic acids is 6. The number of hydrogen-bond donors (Lipinski definition) is 6. The molecule has 438 valence electrons. The molecule has 11 rings (SSSR count). The van der Waals surface area contributed by atoms with Crippen LogP contribution in [-0.2, 0) is 19.2 Å². The number of carbonyl (C=O) groups is 6. The molecule has 16 nitrogen and oxygen atoms in total. The van der Waals surface area contributed by atoms with Crippen molar-refractivity contribution < 1.29 is 28.8 Å². The Morgan fingerprint density at radius 3 is 1.27 bits per heavy atom. The maximum absolute atomic E-state index is 15.1. The van der Waals surface area contributed by atoms with E-state index < -0.39 is 48.3 Å². The van der Waals surface area contributed by atoms with Crippen molar-refractivity contribution in [1.29, 1.82) is 0 Å². The second-order valence-electron chi connectivity index (χ2n) is 23.4. The summed E-state index contributed by atoms with van der Waals surface area (Å²) in [5.74, 6) is -1.58. The van der Waals surface area contributed by atoms with E-state index in [2.05, 4.69) is 80.4 Å². The highest BCUT2D eigenvalue weighted by Crippen LogP contribution is 2.42. The van der Waals surface area contributed by atoms with Crippen molar-refractivity contribution in [2.45, 2.75) is 139 Å². The van der Waals surface area contributed by atoms with Crippen LogP contribution in [-0.4, -0.2) is 119 Å². The molecule has 2 aromatic heterocycles. The lowest BCUT2D eigenvalue weighted by Crippen LogP contribution is -2.56. The summed E-state index contributed by atoms with van der Waals surface area (Å²) in [6.07, 6.45) is 10.3. The molecule has 84 heavy (non-hydrogen) atoms. The SMILES string of the molecule is CN[C@@H](C)C(=O)N[C@H](C(=O)N1C[C@@H](NC(=O)c2ccc(C(=O)N[C@H]3C[C@@H](c4nc(-c5cccc6ccccc56)cs4)N(C(=O)[C@@H](NC(=O)[C@H](C)NC)C4CCCCC4)C3)cc2)C[C@H]1c1nc(-c2cccc3ccccc23)cs1)C1CCCCC1. The molecule has 2 aliphatic heterocycles. The van der Waals surface area contributed by atoms with Gasteiger partial charge in [0.25, 0.3) is 11.8 Å². The molecule has 4 aliphatic rings. The Labute approximate surface area is 499 Å². The number of likely N-dealkylation sites (tertiary alicyclic amines) is 2. The molecule has 0 unspecified atom stereocenters. The lowest BCUT2D eigenvalue weighted by Gasteiger charge is -2.35. The quantitative estimate of drug-likeness (QED) is 0.0480. The molecule has 6 N–H and O–H groups in total. The standard InChI is InChI=1S/C66H76N10O6S2/c1-39(67-3)59(77)73-57(43-19-7-5-8-20-43)65(81)75-35-47(33-55(75)63-71-53(37-83-63)51-27-15-23-41-17-11-13-25-49(41)51)69-61(79)45-29-31-46(32-30-45)62(80)70-48-34-56(64-72-54(38-84-64)52-28-16-24-42-18-12-14-26-50(42)52)76(36-48)66(82)58(44-21-9-6-10-22-44)74-60(78)40(2)68-4/h11-18,23-32,37-40,43-44,47-48,55-58,67-68H,5-10,19-22,33-36H2,1-4H3,(H,69,79)(H,70,80)(H,73,77)(H,74,78)/t39-,40-,47-,48-,55-,56-,57-,58-/m0/s1. The van der Waals surface area contributed by atoms with Crippen molar-refractivity contribution in [1.82, 2.24) is 51.7 Å². The van der Waals surface area contributed by atoms with Crippen LogP contribution in [0.5, 0.6) is 0 Å². The van der Waals surface area contributed by atoms with Gasteiger partial charge < -0.3 is 41.7 Å². The topological polar surface area (TPSA) is 207 Å². The zero-order valence-electron chi connectivity index (χ0n) is 48.3. The fourth-order valence-corrected chi connectivity index (χ4v) is 14.9. The number of benzene rings is 5. The summed E-state index contributed by atoms with van der Waals surface area (Å²) in [4.78, 5) is 99.9. The third-order valence-electron chi connectivity index (χ3n) is 18.0. The number of rotatable bonds is 18. The first-order valence-electron chi connectivity index (χ1n) is 30.0. The van der Waals surface area contributed by atoms with Gasteiger partial charge in [-0.2, -0.15) is 0 Å². The van der Waals surface area contributed by atoms with E-state index >= 15 is 9.59 Å². The highest BCUT2D eigenvalue weighted by atomic mass is 32.1. The van der Waals surface area contributed by atoms with Gasteiger partial charge in [0.1, 0.15) is 22.1 Å². The molecule has 2 saturated carbocycles. The molecular formula is C66H76N10O6S2. The minimum atomic E-state index is -0.736. The second kappa shape index (κ2) is 26.3. The molecule has 6 amide bonds. The Morgan fingerprint density at radius 1 is 0.500 bits per heavy atom. The lowest BCUT2D eigenvalue weighted by atomic mass is 9.83. The molecule has 2 aliphatic carbocycles. The largest absolute Gasteiger partial charge is 0.347 e. The number of hydrogen-bond acceptors (Lipinski definition) is 12. The number of fused-ring (bicyclic) bond motifs is 2. The number of aromatic nitrogens is 2. The van der Waals surface area contributed by atoms with Crippen molar-refractivity contribution in [2.75, 3.05) is 27.2 Å². The summed E-state index contributed by atoms with van der Waals surface area (Å²) >= 11 is 2.99. The average Bonchev–Trinajstić information content (AvgIpc) is 2.92. The Balaban J connectivity index is 0.815. The van der Waals surface area contributed by atoms with Crippen LogP contribution in [0.4, 0.5) is 0 Å². The van der Waals surface area contributed by atoms with Crippen LogP contribution in [0.15, 0.2) is 120 Å². The van der Waals surface area contributed by atoms with E-state index in [1.54, 1.807) is 52.2 Å². The maximum atomic E-state index is 15.1. The van der Waals surface area contributed by atoms with Crippen LogP contribution in [0, 0.1) is 11.8 Å². The van der Waals surface area contributed by atoms with Crippen LogP contribution < -0.4 is 31.9 Å². The van der Waals surface area contributed by atoms with Gasteiger partial charge >= 0.3 is 0 Å². The predicted octanol–water partition coefficient (Wildman–Crippen LogP) is 9.73. The second-order valence-corrected chi connectivity index (χ2v) is 25.2. The average molecular weight is 1170 g/mol. The van der Waals surface area contributed by atoms with Crippen molar-refractivity contribution in [3.05, 3.63) is 141 Å². The Hall–Kier alpha value is -7.38. The normalized spacial score (nSPS) is 21.0. The summed E-state index contributed by atoms with van der Waals surface area (Å²) in [5, 5.41) is 28.7. The summed E-state index contributed by atoms with van der Waals surface area (Å²) < 4.78 is 0. The Morgan fingerprint density at radius 2 is 0.881 bits per heavy atom. The summed E-state index contributed by atoms with van der Waals surface area (Å²) in [6.45, 7) is 4.00. The van der Waals surface area contributed by atoms with Gasteiger partial charge in [-0.3, -0.25) is 28.8 Å². The summed E-state index contributed by atoms with van der Waals surface area (Å²) in [6, 6.07) is 31.0. The molecule has 0 bridgehead atoms. The maximum Gasteiger partial charge on any atom is 0.251 e. The first-order valence-corrected chi connectivity index (χ1v) is 31.8. The first-order chi connectivity index (χ1) is 40.8. The van der Waals surface area contributed by atoms with Crippen LogP contribution in [0.3, 0.4) is 0 Å². The minimum absolute atomic E-state index is 0.0268. The van der Waals surface area contributed by atoms with E-state index in [9.17, 15) is 19.2 Å². The van der Waals surface area contributed by atoms with Crippen LogP contribution >= 0.6 is 22.7 Å². The molecule has 4 fully saturated rings. The number of nitrogens with one attached hydrogen (secondary N) is 6. The molecule has 0 spiro atoms. The van der Waals surface area contributed by atoms with Crippen molar-refractivity contribution in [2.24, 2.45) is 11.8 Å². The molecule has 0 radical (unpaired) electrons. The fraction of sp³-hybridized carbons (Fsp3) is 0.424. The molecule has 8 atom stereocenters. The Kier molecular flexibility index (Phi) is 18.3. The van der Waals surface area contributed by atoms with Gasteiger partial charge in [0.2, 0.25) is 23.6 Å². The van der Waals surface area contributed by atoms with Gasteiger partial charge in [0, 0.05) is 58.2 Å². The Bertz CT molecular complexity index is 3280. The van der Waals surface area contributed by atoms with E-state index in [0.717, 1.165) is 118 Å². The van der Waals surface area contributed by atoms with Gasteiger partial charge in [0.15, 0.2) is 0 Å². The molecule has 5 aromatic carbocycles. The zero-order valence-corrected chi connectivity index (χ0v) is 49.9. The van der Waals surface area contributed by atoms with Crippen LogP contribution in [0.2, 0.25) is 0 Å². The third kappa shape index (κ3) is 12.7. The van der Waals surface area contributed by atoms with Crippen LogP contribution in [0.25, 0.3) is 44.1 Å². The number of thiazole rings is 2. The third-order valence-corrected chi connectivity index (χ3v) is 19.9. The van der Waals surface area contributed by atoms with Crippen molar-refractivity contribution >= 4 is 79.7 Å². The molecule has 4 heterocycles. The van der Waals surface area contributed by atoms with E-state index in [4.69, 9.17) is 9.97 Å². The van der Waals surface area contributed by atoms with E-state index in [1.807, 2.05) is 57.0 Å². The van der Waals surface area contributed by atoms with Gasteiger partial charge in [-0.25, -0.2) is 9.97 Å². The number of likely N-dealkylation sites (N-methyl/N-ethyl adjacent to an activating group) is 2. The lowest BCUT2D eigenvalue weighted by molar-refractivity contribution is -0.139. The van der Waals surface area contributed by atoms with Gasteiger partial charge in [-0.15, -0.1) is 22.7 Å². The molecule has 18 heteroatoms. The summed E-state index contributed by atoms with van der Waals surface area (Å²) in [7, 11) is 3.45. The molecule has 2 saturated heterocycles. The number of nitrogens with zero attached hydrogens (tertiary/aromatic N) is 4. The predicted molar refractivity (Wildman–Crippen MR) is 331 cm³/mol. The van der Waals surface area contributed by atoms with Gasteiger partial charge in [-0.05, 0) is 124 Å². The van der Waals surface area contributed by atoms with E-state index in [0.29, 0.717) is 24.0 Å². The zero-order chi connectivity index (χ0) is 58.4. The van der Waals surface area contributed by atoms with Gasteiger partial charge in [0.05, 0.1) is 35.6 Å². The van der Waals surface area contributed by atoms with Crippen LogP contribution in [0.1, 0.15) is 134 Å². The smallest absolute Gasteiger partial charge is 0.251 e. The number of amides is 6. The first kappa shape index (κ1) is 58.4. The fourth-order valence-electron chi connectivity index (χ4n) is 13.0. The minimum Gasteiger partial charge on any atom is -0.347 e.